The fraction of sp³-hybridized carbons (Fsp3) is 0.444. The van der Waals surface area contributed by atoms with Crippen LogP contribution < -0.4 is 0 Å². The minimum Gasteiger partial charge on any atom is -0.396 e. The third-order valence-corrected chi connectivity index (χ3v) is 2.74. The highest BCUT2D eigenvalue weighted by molar-refractivity contribution is 7.99. The molecule has 2 nitrogen and oxygen atoms in total. The van der Waals surface area contributed by atoms with Crippen molar-refractivity contribution in [1.29, 1.82) is 0 Å². The molecule has 1 unspecified atom stereocenters. The summed E-state index contributed by atoms with van der Waals surface area (Å²) < 4.78 is 12.6. The zero-order valence-corrected chi connectivity index (χ0v) is 8.22. The molecule has 13 heavy (non-hydrogen) atoms. The molecule has 0 aliphatic heterocycles. The maximum absolute atomic E-state index is 12.6. The van der Waals surface area contributed by atoms with Gasteiger partial charge in [-0.3, -0.25) is 0 Å². The number of pyridine rings is 1. The molecule has 0 radical (unpaired) electrons. The Morgan fingerprint density at radius 2 is 2.46 bits per heavy atom. The lowest BCUT2D eigenvalue weighted by molar-refractivity contribution is 0.289. The van der Waals surface area contributed by atoms with Crippen LogP contribution in [0.15, 0.2) is 23.2 Å². The molecule has 1 aromatic rings. The van der Waals surface area contributed by atoms with E-state index in [1.54, 1.807) is 17.8 Å². The van der Waals surface area contributed by atoms with Crippen molar-refractivity contribution in [3.8, 4) is 0 Å². The van der Waals surface area contributed by atoms with E-state index in [4.69, 9.17) is 5.11 Å². The van der Waals surface area contributed by atoms with Crippen LogP contribution in [0.25, 0.3) is 0 Å². The van der Waals surface area contributed by atoms with Crippen molar-refractivity contribution in [2.45, 2.75) is 23.5 Å². The normalized spacial score (nSPS) is 12.8. The number of hydrogen-bond acceptors (Lipinski definition) is 3. The molecule has 0 amide bonds. The van der Waals surface area contributed by atoms with Crippen LogP contribution >= 0.6 is 11.8 Å². The zero-order valence-electron chi connectivity index (χ0n) is 7.40. The second-order valence-electron chi connectivity index (χ2n) is 2.76. The number of aliphatic hydroxyl groups is 1. The van der Waals surface area contributed by atoms with Crippen LogP contribution in [0.4, 0.5) is 4.39 Å². The SMILES string of the molecule is CC(CCO)Sc1ccnc(F)c1. The van der Waals surface area contributed by atoms with Gasteiger partial charge in [0.2, 0.25) is 5.95 Å². The second kappa shape index (κ2) is 5.19. The van der Waals surface area contributed by atoms with E-state index in [9.17, 15) is 4.39 Å². The Kier molecular flexibility index (Phi) is 4.18. The number of aromatic nitrogens is 1. The Morgan fingerprint density at radius 3 is 3.08 bits per heavy atom. The highest BCUT2D eigenvalue weighted by Crippen LogP contribution is 2.24. The summed E-state index contributed by atoms with van der Waals surface area (Å²) in [5, 5.41) is 8.97. The molecule has 0 bridgehead atoms. The van der Waals surface area contributed by atoms with Gasteiger partial charge in [0.25, 0.3) is 0 Å². The van der Waals surface area contributed by atoms with E-state index in [-0.39, 0.29) is 6.61 Å². The smallest absolute Gasteiger partial charge is 0.213 e. The molecular weight excluding hydrogens is 189 g/mol. The summed E-state index contributed by atoms with van der Waals surface area (Å²) >= 11 is 1.54. The topological polar surface area (TPSA) is 33.1 Å². The van der Waals surface area contributed by atoms with Crippen LogP contribution in [0.2, 0.25) is 0 Å². The van der Waals surface area contributed by atoms with Gasteiger partial charge in [0.15, 0.2) is 0 Å². The number of hydrogen-bond donors (Lipinski definition) is 1. The van der Waals surface area contributed by atoms with Crippen molar-refractivity contribution < 1.29 is 9.50 Å². The fourth-order valence-electron chi connectivity index (χ4n) is 0.931. The standard InChI is InChI=1S/C9H12FNOS/c1-7(3-5-12)13-8-2-4-11-9(10)6-8/h2,4,6-7,12H,3,5H2,1H3. The first-order chi connectivity index (χ1) is 6.22. The summed E-state index contributed by atoms with van der Waals surface area (Å²) in [5.74, 6) is -0.457. The number of thioether (sulfide) groups is 1. The van der Waals surface area contributed by atoms with Crippen molar-refractivity contribution in [2.75, 3.05) is 6.61 Å². The molecule has 1 N–H and O–H groups in total. The van der Waals surface area contributed by atoms with Crippen LogP contribution in [0.3, 0.4) is 0 Å². The average Bonchev–Trinajstić information content (AvgIpc) is 2.04. The Labute approximate surface area is 81.2 Å². The summed E-state index contributed by atoms with van der Waals surface area (Å²) in [7, 11) is 0. The van der Waals surface area contributed by atoms with Crippen molar-refractivity contribution in [1.82, 2.24) is 4.98 Å². The molecular formula is C9H12FNOS. The third kappa shape index (κ3) is 3.74. The lowest BCUT2D eigenvalue weighted by atomic mass is 10.3. The monoisotopic (exact) mass is 201 g/mol. The molecule has 4 heteroatoms. The second-order valence-corrected chi connectivity index (χ2v) is 4.27. The van der Waals surface area contributed by atoms with Gasteiger partial charge >= 0.3 is 0 Å². The van der Waals surface area contributed by atoms with Gasteiger partial charge in [0.1, 0.15) is 0 Å². The number of aliphatic hydroxyl groups excluding tert-OH is 1. The van der Waals surface area contributed by atoms with Crippen LogP contribution in [-0.4, -0.2) is 21.9 Å². The van der Waals surface area contributed by atoms with E-state index in [0.29, 0.717) is 11.7 Å². The van der Waals surface area contributed by atoms with E-state index < -0.39 is 5.95 Å². The Morgan fingerprint density at radius 1 is 1.69 bits per heavy atom. The zero-order chi connectivity index (χ0) is 9.68. The van der Waals surface area contributed by atoms with Gasteiger partial charge in [-0.25, -0.2) is 4.98 Å². The first-order valence-corrected chi connectivity index (χ1v) is 4.99. The molecule has 0 aromatic carbocycles. The summed E-state index contributed by atoms with van der Waals surface area (Å²) in [6, 6.07) is 3.17. The van der Waals surface area contributed by atoms with Gasteiger partial charge in [-0.2, -0.15) is 4.39 Å². The molecule has 0 saturated heterocycles. The van der Waals surface area contributed by atoms with Gasteiger partial charge in [-0.1, -0.05) is 6.92 Å². The minimum atomic E-state index is -0.457. The number of halogens is 1. The van der Waals surface area contributed by atoms with Gasteiger partial charge < -0.3 is 5.11 Å². The Hall–Kier alpha value is -0.610. The summed E-state index contributed by atoms with van der Waals surface area (Å²) in [6.45, 7) is 2.17. The molecule has 0 fully saturated rings. The van der Waals surface area contributed by atoms with Crippen molar-refractivity contribution >= 4 is 11.8 Å². The van der Waals surface area contributed by atoms with Crippen LogP contribution in [0.5, 0.6) is 0 Å². The lowest BCUT2D eigenvalue weighted by Gasteiger charge is -2.08. The van der Waals surface area contributed by atoms with Crippen LogP contribution in [0, 0.1) is 5.95 Å². The quantitative estimate of drug-likeness (QED) is 0.598. The highest BCUT2D eigenvalue weighted by atomic mass is 32.2. The summed E-state index contributed by atoms with van der Waals surface area (Å²) in [6.07, 6.45) is 2.16. The molecule has 1 aromatic heterocycles. The van der Waals surface area contributed by atoms with Crippen molar-refractivity contribution in [2.24, 2.45) is 0 Å². The molecule has 1 atom stereocenters. The van der Waals surface area contributed by atoms with Gasteiger partial charge in [0, 0.05) is 29.0 Å². The van der Waals surface area contributed by atoms with Crippen molar-refractivity contribution in [3.63, 3.8) is 0 Å². The van der Waals surface area contributed by atoms with Crippen LogP contribution in [0.1, 0.15) is 13.3 Å². The minimum absolute atomic E-state index is 0.168. The highest BCUT2D eigenvalue weighted by Gasteiger charge is 2.04. The maximum Gasteiger partial charge on any atom is 0.213 e. The molecule has 0 aliphatic carbocycles. The predicted molar refractivity (Wildman–Crippen MR) is 51.2 cm³/mol. The van der Waals surface area contributed by atoms with Crippen LogP contribution in [-0.2, 0) is 0 Å². The molecule has 0 aliphatic rings. The van der Waals surface area contributed by atoms with Gasteiger partial charge in [-0.05, 0) is 12.5 Å². The Bertz CT molecular complexity index is 270. The molecule has 1 rings (SSSR count). The van der Waals surface area contributed by atoms with E-state index in [1.165, 1.54) is 12.3 Å². The van der Waals surface area contributed by atoms with Gasteiger partial charge in [0.05, 0.1) is 0 Å². The first kappa shape index (κ1) is 10.5. The predicted octanol–water partition coefficient (Wildman–Crippen LogP) is 2.08. The average molecular weight is 201 g/mol. The summed E-state index contributed by atoms with van der Waals surface area (Å²) in [5.41, 5.74) is 0. The largest absolute Gasteiger partial charge is 0.396 e. The van der Waals surface area contributed by atoms with E-state index in [2.05, 4.69) is 4.98 Å². The lowest BCUT2D eigenvalue weighted by Crippen LogP contribution is -1.99. The molecule has 72 valence electrons. The van der Waals surface area contributed by atoms with E-state index in [1.807, 2.05) is 6.92 Å². The Balaban J connectivity index is 2.53. The van der Waals surface area contributed by atoms with E-state index >= 15 is 0 Å². The molecule has 1 heterocycles. The first-order valence-electron chi connectivity index (χ1n) is 4.11. The fourth-order valence-corrected chi connectivity index (χ4v) is 1.92. The third-order valence-electron chi connectivity index (χ3n) is 1.57. The molecule has 0 spiro atoms. The maximum atomic E-state index is 12.6. The number of nitrogens with zero attached hydrogens (tertiary/aromatic N) is 1. The van der Waals surface area contributed by atoms with Crippen molar-refractivity contribution in [3.05, 3.63) is 24.3 Å². The molecule has 0 saturated carbocycles. The van der Waals surface area contributed by atoms with Gasteiger partial charge in [-0.15, -0.1) is 11.8 Å². The van der Waals surface area contributed by atoms with E-state index in [0.717, 1.165) is 4.90 Å². The summed E-state index contributed by atoms with van der Waals surface area (Å²) in [4.78, 5) is 4.32. The number of rotatable bonds is 4.